The first-order chi connectivity index (χ1) is 17.9. The highest BCUT2D eigenvalue weighted by molar-refractivity contribution is 6.46. The lowest BCUT2D eigenvalue weighted by molar-refractivity contribution is -0.695. The number of ketones is 1. The molecule has 3 aromatic rings. The molecule has 4 rings (SSSR count). The van der Waals surface area contributed by atoms with Crippen LogP contribution < -0.4 is 23.9 Å². The smallest absolute Gasteiger partial charge is 0.295 e. The third-order valence-corrected chi connectivity index (χ3v) is 6.46. The number of hydrogen-bond acceptors (Lipinski definition) is 6. The fourth-order valence-electron chi connectivity index (χ4n) is 4.42. The summed E-state index contributed by atoms with van der Waals surface area (Å²) in [5, 5.41) is 13.9. The Hall–Kier alpha value is -3.98. The number of ether oxygens (including phenoxy) is 3. The number of rotatable bonds is 10. The molecule has 1 atom stereocenters. The number of imidazole rings is 1. The lowest BCUT2D eigenvalue weighted by atomic mass is 9.95. The number of carbonyl (C=O) groups excluding carboxylic acids is 2. The van der Waals surface area contributed by atoms with E-state index in [0.717, 1.165) is 0 Å². The van der Waals surface area contributed by atoms with Crippen LogP contribution in [0.4, 0.5) is 0 Å². The molecule has 1 aliphatic heterocycles. The zero-order chi connectivity index (χ0) is 26.5. The van der Waals surface area contributed by atoms with E-state index in [9.17, 15) is 14.7 Å². The third kappa shape index (κ3) is 5.27. The first kappa shape index (κ1) is 26.1. The number of hydrogen-bond donors (Lipinski definition) is 1. The summed E-state index contributed by atoms with van der Waals surface area (Å²) in [4.78, 5) is 30.9. The van der Waals surface area contributed by atoms with Gasteiger partial charge in [-0.15, -0.1) is 0 Å². The van der Waals surface area contributed by atoms with Crippen LogP contribution in [-0.4, -0.2) is 48.9 Å². The van der Waals surface area contributed by atoms with E-state index in [1.165, 1.54) is 25.2 Å². The minimum atomic E-state index is -0.895. The van der Waals surface area contributed by atoms with Crippen LogP contribution in [0, 0.1) is 0 Å². The van der Waals surface area contributed by atoms with Gasteiger partial charge in [-0.3, -0.25) is 14.6 Å². The Kier molecular flexibility index (Phi) is 8.03. The maximum atomic E-state index is 13.7. The molecule has 1 N–H and O–H groups in total. The molecule has 10 heteroatoms. The van der Waals surface area contributed by atoms with Crippen molar-refractivity contribution in [1.29, 1.82) is 0 Å². The molecule has 2 heterocycles. The molecule has 0 saturated carbocycles. The molecule has 0 spiro atoms. The number of carbonyl (C=O) groups is 2. The molecule has 1 saturated heterocycles. The molecule has 1 aromatic heterocycles. The molecule has 0 aliphatic carbocycles. The number of Topliss-reactive ketones (excluding diaryl/α,β-unsaturated/α-hetero) is 1. The second kappa shape index (κ2) is 11.4. The number of H-pyrrole nitrogens is 1. The quantitative estimate of drug-likeness (QED) is 0.189. The standard InChI is InChI=1S/C27H28ClN3O6/c1-4-37-20-8-7-18(14-19(20)28)25(32)23-24(17-6-9-21(35-2)22(15-17)36-3)31(27(34)26(23)33)12-5-11-30-13-10-29-16-30/h6-10,13-16,24H,4-5,11-12H2,1-3H3,(H,32,33). The Balaban J connectivity index is 1.78. The third-order valence-electron chi connectivity index (χ3n) is 6.16. The lowest BCUT2D eigenvalue weighted by Gasteiger charge is -2.28. The van der Waals surface area contributed by atoms with Crippen LogP contribution in [0.2, 0.25) is 5.02 Å². The molecule has 1 amide bonds. The van der Waals surface area contributed by atoms with Crippen LogP contribution in [0.15, 0.2) is 60.7 Å². The summed E-state index contributed by atoms with van der Waals surface area (Å²) < 4.78 is 18.2. The van der Waals surface area contributed by atoms with Gasteiger partial charge in [0.1, 0.15) is 18.1 Å². The average Bonchev–Trinajstić information content (AvgIpc) is 3.51. The number of nitrogens with zero attached hydrogens (tertiary/aromatic N) is 2. The molecule has 37 heavy (non-hydrogen) atoms. The van der Waals surface area contributed by atoms with Gasteiger partial charge in [0.25, 0.3) is 5.91 Å². The summed E-state index contributed by atoms with van der Waals surface area (Å²) in [6.07, 6.45) is 6.05. The van der Waals surface area contributed by atoms with E-state index in [1.54, 1.807) is 42.9 Å². The van der Waals surface area contributed by atoms with E-state index in [-0.39, 0.29) is 22.7 Å². The summed E-state index contributed by atoms with van der Waals surface area (Å²) in [5.74, 6) is -0.775. The SMILES string of the molecule is CCOc1ccc(C([O-])=C2C(=O)C(=O)N(CCC[n+]3cc[nH]c3)C2c2ccc(OC)c(OC)c2)cc1Cl. The molecular formula is C27H28ClN3O6. The van der Waals surface area contributed by atoms with Gasteiger partial charge in [0, 0.05) is 18.5 Å². The van der Waals surface area contributed by atoms with Crippen LogP contribution in [0.1, 0.15) is 30.5 Å². The van der Waals surface area contributed by atoms with E-state index >= 15 is 0 Å². The van der Waals surface area contributed by atoms with Gasteiger partial charge in [-0.05, 0) is 42.3 Å². The first-order valence-electron chi connectivity index (χ1n) is 11.8. The molecule has 1 unspecified atom stereocenters. The van der Waals surface area contributed by atoms with Crippen molar-refractivity contribution in [3.63, 3.8) is 0 Å². The van der Waals surface area contributed by atoms with Crippen LogP contribution in [-0.2, 0) is 16.1 Å². The lowest BCUT2D eigenvalue weighted by Crippen LogP contribution is -2.36. The van der Waals surface area contributed by atoms with Crippen LogP contribution in [0.3, 0.4) is 0 Å². The molecule has 0 radical (unpaired) electrons. The van der Waals surface area contributed by atoms with E-state index in [0.29, 0.717) is 42.4 Å². The number of benzene rings is 2. The highest BCUT2D eigenvalue weighted by atomic mass is 35.5. The molecule has 9 nitrogen and oxygen atoms in total. The van der Waals surface area contributed by atoms with E-state index in [4.69, 9.17) is 25.8 Å². The van der Waals surface area contributed by atoms with Crippen molar-refractivity contribution in [3.8, 4) is 17.2 Å². The van der Waals surface area contributed by atoms with E-state index < -0.39 is 23.5 Å². The fourth-order valence-corrected chi connectivity index (χ4v) is 4.66. The van der Waals surface area contributed by atoms with Crippen LogP contribution >= 0.6 is 11.6 Å². The Morgan fingerprint density at radius 1 is 1.11 bits per heavy atom. The summed E-state index contributed by atoms with van der Waals surface area (Å²) in [5.41, 5.74) is 0.623. The normalized spacial score (nSPS) is 16.8. The van der Waals surface area contributed by atoms with Crippen molar-refractivity contribution in [3.05, 3.63) is 76.8 Å². The number of nitrogens with one attached hydrogen (secondary N) is 1. The number of amides is 1. The maximum Gasteiger partial charge on any atom is 0.295 e. The monoisotopic (exact) mass is 525 g/mol. The highest BCUT2D eigenvalue weighted by Crippen LogP contribution is 2.42. The van der Waals surface area contributed by atoms with Crippen molar-refractivity contribution < 1.29 is 33.5 Å². The first-order valence-corrected chi connectivity index (χ1v) is 12.2. The summed E-state index contributed by atoms with van der Waals surface area (Å²) in [6.45, 7) is 3.13. The molecule has 1 fully saturated rings. The van der Waals surface area contributed by atoms with Crippen molar-refractivity contribution in [2.45, 2.75) is 25.9 Å². The van der Waals surface area contributed by atoms with Gasteiger partial charge in [-0.1, -0.05) is 29.5 Å². The Bertz CT molecular complexity index is 1320. The van der Waals surface area contributed by atoms with Crippen molar-refractivity contribution in [2.75, 3.05) is 27.4 Å². The fraction of sp³-hybridized carbons (Fsp3) is 0.296. The van der Waals surface area contributed by atoms with Gasteiger partial charge in [0.05, 0.1) is 38.4 Å². The number of aromatic nitrogens is 2. The molecule has 2 aromatic carbocycles. The van der Waals surface area contributed by atoms with Gasteiger partial charge in [-0.2, -0.15) is 0 Å². The molecule has 1 aliphatic rings. The van der Waals surface area contributed by atoms with Crippen LogP contribution in [0.25, 0.3) is 5.76 Å². The zero-order valence-corrected chi connectivity index (χ0v) is 21.6. The molecule has 194 valence electrons. The van der Waals surface area contributed by atoms with Crippen molar-refractivity contribution >= 4 is 29.1 Å². The highest BCUT2D eigenvalue weighted by Gasteiger charge is 2.44. The molecule has 0 bridgehead atoms. The van der Waals surface area contributed by atoms with Gasteiger partial charge in [0.15, 0.2) is 11.5 Å². The topological polar surface area (TPSA) is 108 Å². The number of halogens is 1. The Morgan fingerprint density at radius 3 is 2.51 bits per heavy atom. The van der Waals surface area contributed by atoms with Gasteiger partial charge in [0.2, 0.25) is 12.1 Å². The zero-order valence-electron chi connectivity index (χ0n) is 20.8. The summed E-state index contributed by atoms with van der Waals surface area (Å²) in [7, 11) is 3.01. The number of aryl methyl sites for hydroxylation is 1. The van der Waals surface area contributed by atoms with Crippen LogP contribution in [0.5, 0.6) is 17.2 Å². The minimum Gasteiger partial charge on any atom is -0.872 e. The van der Waals surface area contributed by atoms with Gasteiger partial charge < -0.3 is 24.2 Å². The van der Waals surface area contributed by atoms with Gasteiger partial charge >= 0.3 is 0 Å². The minimum absolute atomic E-state index is 0.133. The number of methoxy groups -OCH3 is 2. The van der Waals surface area contributed by atoms with Gasteiger partial charge in [-0.25, -0.2) is 4.57 Å². The summed E-state index contributed by atoms with van der Waals surface area (Å²) >= 11 is 6.31. The molecular weight excluding hydrogens is 498 g/mol. The van der Waals surface area contributed by atoms with Crippen molar-refractivity contribution in [1.82, 2.24) is 9.88 Å². The Labute approximate surface area is 219 Å². The average molecular weight is 526 g/mol. The van der Waals surface area contributed by atoms with E-state index in [1.807, 2.05) is 17.7 Å². The van der Waals surface area contributed by atoms with Crippen molar-refractivity contribution in [2.24, 2.45) is 0 Å². The summed E-state index contributed by atoms with van der Waals surface area (Å²) in [6, 6.07) is 8.78. The second-order valence-electron chi connectivity index (χ2n) is 8.37. The predicted octanol–water partition coefficient (Wildman–Crippen LogP) is 2.69. The second-order valence-corrected chi connectivity index (χ2v) is 8.78. The number of likely N-dealkylation sites (tertiary alicyclic amines) is 1. The predicted molar refractivity (Wildman–Crippen MR) is 134 cm³/mol. The Morgan fingerprint density at radius 2 is 1.86 bits per heavy atom. The number of aromatic amines is 1. The maximum absolute atomic E-state index is 13.7. The largest absolute Gasteiger partial charge is 0.872 e. The van der Waals surface area contributed by atoms with E-state index in [2.05, 4.69) is 4.98 Å².